The molecule has 0 aliphatic heterocycles. The summed E-state index contributed by atoms with van der Waals surface area (Å²) >= 11 is 6.01. The molecule has 0 atom stereocenters. The van der Waals surface area contributed by atoms with Gasteiger partial charge in [0.15, 0.2) is 11.6 Å². The summed E-state index contributed by atoms with van der Waals surface area (Å²) in [5.41, 5.74) is 0.378. The number of hydrogen-bond donors (Lipinski definition) is 1. The van der Waals surface area contributed by atoms with Crippen molar-refractivity contribution >= 4 is 17.4 Å². The lowest BCUT2D eigenvalue weighted by molar-refractivity contribution is 0.464. The van der Waals surface area contributed by atoms with Gasteiger partial charge in [-0.25, -0.2) is 14.4 Å². The quantitative estimate of drug-likeness (QED) is 0.812. The Labute approximate surface area is 99.4 Å². The first-order valence-corrected chi connectivity index (χ1v) is 5.98. The van der Waals surface area contributed by atoms with E-state index in [1.807, 2.05) is 0 Å². The van der Waals surface area contributed by atoms with Crippen molar-refractivity contribution in [3.05, 3.63) is 17.8 Å². The van der Waals surface area contributed by atoms with Crippen molar-refractivity contribution in [2.75, 3.05) is 5.32 Å². The van der Waals surface area contributed by atoms with Crippen LogP contribution in [0.15, 0.2) is 6.33 Å². The molecule has 0 bridgehead atoms. The van der Waals surface area contributed by atoms with Crippen LogP contribution in [0.5, 0.6) is 0 Å². The first kappa shape index (κ1) is 11.6. The van der Waals surface area contributed by atoms with E-state index in [1.54, 1.807) is 6.92 Å². The second-order valence-electron chi connectivity index (χ2n) is 4.21. The van der Waals surface area contributed by atoms with E-state index in [1.165, 1.54) is 6.33 Å². The molecule has 0 amide bonds. The van der Waals surface area contributed by atoms with Crippen molar-refractivity contribution in [1.82, 2.24) is 9.97 Å². The van der Waals surface area contributed by atoms with Gasteiger partial charge in [0.05, 0.1) is 5.69 Å². The summed E-state index contributed by atoms with van der Waals surface area (Å²) in [6, 6.07) is 0.277. The van der Waals surface area contributed by atoms with Gasteiger partial charge in [0, 0.05) is 11.4 Å². The molecule has 16 heavy (non-hydrogen) atoms. The van der Waals surface area contributed by atoms with E-state index in [0.717, 1.165) is 25.7 Å². The molecule has 0 aromatic carbocycles. The van der Waals surface area contributed by atoms with E-state index in [9.17, 15) is 4.39 Å². The number of aryl methyl sites for hydroxylation is 1. The van der Waals surface area contributed by atoms with Gasteiger partial charge < -0.3 is 5.32 Å². The predicted molar refractivity (Wildman–Crippen MR) is 62.2 cm³/mol. The van der Waals surface area contributed by atoms with Crippen molar-refractivity contribution in [3.8, 4) is 0 Å². The number of nitrogens with one attached hydrogen (secondary N) is 1. The maximum atomic E-state index is 13.6. The topological polar surface area (TPSA) is 37.8 Å². The molecule has 88 valence electrons. The van der Waals surface area contributed by atoms with Gasteiger partial charge in [0.25, 0.3) is 0 Å². The summed E-state index contributed by atoms with van der Waals surface area (Å²) in [6.07, 6.45) is 5.27. The third-order valence-corrected chi connectivity index (χ3v) is 3.40. The smallest absolute Gasteiger partial charge is 0.186 e. The summed E-state index contributed by atoms with van der Waals surface area (Å²) in [4.78, 5) is 7.72. The number of rotatable bonds is 2. The molecular weight excluding hydrogens is 229 g/mol. The lowest BCUT2D eigenvalue weighted by atomic mass is 9.95. The standard InChI is InChI=1S/C11H15ClFN3/c1-7-10(13)11(15-6-14-7)16-9-4-2-8(12)3-5-9/h6,8-9H,2-5H2,1H3,(H,14,15,16). The van der Waals surface area contributed by atoms with Crippen molar-refractivity contribution in [2.45, 2.75) is 44.0 Å². The number of nitrogens with zero attached hydrogens (tertiary/aromatic N) is 2. The summed E-state index contributed by atoms with van der Waals surface area (Å²) in [5, 5.41) is 3.40. The van der Waals surface area contributed by atoms with Crippen LogP contribution < -0.4 is 5.32 Å². The van der Waals surface area contributed by atoms with Gasteiger partial charge in [-0.1, -0.05) is 0 Å². The summed E-state index contributed by atoms with van der Waals surface area (Å²) in [6.45, 7) is 1.64. The Balaban J connectivity index is 2.01. The highest BCUT2D eigenvalue weighted by molar-refractivity contribution is 6.20. The predicted octanol–water partition coefficient (Wildman–Crippen LogP) is 2.89. The average Bonchev–Trinajstić information content (AvgIpc) is 2.28. The van der Waals surface area contributed by atoms with Gasteiger partial charge in [0.2, 0.25) is 0 Å². The van der Waals surface area contributed by atoms with Gasteiger partial charge in [-0.15, -0.1) is 11.6 Å². The van der Waals surface area contributed by atoms with Crippen LogP contribution in [-0.2, 0) is 0 Å². The Morgan fingerprint density at radius 1 is 1.31 bits per heavy atom. The van der Waals surface area contributed by atoms with Gasteiger partial charge in [-0.3, -0.25) is 0 Å². The van der Waals surface area contributed by atoms with E-state index in [-0.39, 0.29) is 17.2 Å². The van der Waals surface area contributed by atoms with Gasteiger partial charge in [-0.05, 0) is 32.6 Å². The van der Waals surface area contributed by atoms with Crippen LogP contribution in [0.1, 0.15) is 31.4 Å². The van der Waals surface area contributed by atoms with Crippen LogP contribution in [0.25, 0.3) is 0 Å². The van der Waals surface area contributed by atoms with E-state index in [4.69, 9.17) is 11.6 Å². The number of hydrogen-bond acceptors (Lipinski definition) is 3. The SMILES string of the molecule is Cc1ncnc(NC2CCC(Cl)CC2)c1F. The molecular formula is C11H15ClFN3. The molecule has 0 spiro atoms. The molecule has 2 rings (SSSR count). The maximum absolute atomic E-state index is 13.6. The molecule has 1 saturated carbocycles. The minimum absolute atomic E-state index is 0.273. The number of alkyl halides is 1. The third-order valence-electron chi connectivity index (χ3n) is 2.96. The van der Waals surface area contributed by atoms with Gasteiger partial charge in [-0.2, -0.15) is 0 Å². The molecule has 0 unspecified atom stereocenters. The number of aromatic nitrogens is 2. The highest BCUT2D eigenvalue weighted by Gasteiger charge is 2.20. The summed E-state index contributed by atoms with van der Waals surface area (Å²) in [5.74, 6) is -0.0407. The van der Waals surface area contributed by atoms with Crippen LogP contribution in [0.3, 0.4) is 0 Å². The molecule has 0 radical (unpaired) electrons. The summed E-state index contributed by atoms with van der Waals surface area (Å²) < 4.78 is 13.6. The van der Waals surface area contributed by atoms with Crippen LogP contribution >= 0.6 is 11.6 Å². The first-order valence-electron chi connectivity index (χ1n) is 5.54. The monoisotopic (exact) mass is 243 g/mol. The normalized spacial score (nSPS) is 25.4. The van der Waals surface area contributed by atoms with E-state index < -0.39 is 0 Å². The molecule has 0 saturated heterocycles. The zero-order valence-corrected chi connectivity index (χ0v) is 9.97. The Bertz CT molecular complexity index is 364. The Morgan fingerprint density at radius 3 is 2.69 bits per heavy atom. The van der Waals surface area contributed by atoms with Crippen LogP contribution in [0, 0.1) is 12.7 Å². The molecule has 1 aliphatic rings. The summed E-state index contributed by atoms with van der Waals surface area (Å²) in [7, 11) is 0. The van der Waals surface area contributed by atoms with E-state index >= 15 is 0 Å². The minimum atomic E-state index is -0.351. The largest absolute Gasteiger partial charge is 0.365 e. The molecule has 1 N–H and O–H groups in total. The zero-order valence-electron chi connectivity index (χ0n) is 9.21. The Morgan fingerprint density at radius 2 is 2.00 bits per heavy atom. The molecule has 1 fully saturated rings. The van der Waals surface area contributed by atoms with Crippen LogP contribution in [0.2, 0.25) is 0 Å². The molecule has 1 aromatic heterocycles. The van der Waals surface area contributed by atoms with Crippen molar-refractivity contribution < 1.29 is 4.39 Å². The fourth-order valence-corrected chi connectivity index (χ4v) is 2.20. The Kier molecular flexibility index (Phi) is 3.59. The molecule has 1 heterocycles. The third kappa shape index (κ3) is 2.61. The van der Waals surface area contributed by atoms with Gasteiger partial charge in [0.1, 0.15) is 6.33 Å². The van der Waals surface area contributed by atoms with Crippen LogP contribution in [0.4, 0.5) is 10.2 Å². The van der Waals surface area contributed by atoms with Crippen molar-refractivity contribution in [1.29, 1.82) is 0 Å². The maximum Gasteiger partial charge on any atom is 0.186 e. The zero-order chi connectivity index (χ0) is 11.5. The highest BCUT2D eigenvalue weighted by atomic mass is 35.5. The first-order chi connectivity index (χ1) is 7.66. The number of anilines is 1. The molecule has 5 heteroatoms. The van der Waals surface area contributed by atoms with Crippen molar-refractivity contribution in [2.24, 2.45) is 0 Å². The van der Waals surface area contributed by atoms with E-state index in [0.29, 0.717) is 11.5 Å². The highest BCUT2D eigenvalue weighted by Crippen LogP contribution is 2.25. The fraction of sp³-hybridized carbons (Fsp3) is 0.636. The second-order valence-corrected chi connectivity index (χ2v) is 4.83. The number of halogens is 2. The average molecular weight is 244 g/mol. The van der Waals surface area contributed by atoms with Crippen LogP contribution in [-0.4, -0.2) is 21.4 Å². The van der Waals surface area contributed by atoms with Gasteiger partial charge >= 0.3 is 0 Å². The lowest BCUT2D eigenvalue weighted by Gasteiger charge is -2.26. The van der Waals surface area contributed by atoms with Crippen molar-refractivity contribution in [3.63, 3.8) is 0 Å². The minimum Gasteiger partial charge on any atom is -0.365 e. The fourth-order valence-electron chi connectivity index (χ4n) is 1.95. The second kappa shape index (κ2) is 4.95. The van der Waals surface area contributed by atoms with E-state index in [2.05, 4.69) is 15.3 Å². The molecule has 1 aliphatic carbocycles. The molecule has 3 nitrogen and oxygen atoms in total. The lowest BCUT2D eigenvalue weighted by Crippen LogP contribution is -2.27. The molecule has 1 aromatic rings. The Hall–Kier alpha value is -0.900.